The molecule has 0 spiro atoms. The highest BCUT2D eigenvalue weighted by molar-refractivity contribution is 5.69. The first-order valence-corrected chi connectivity index (χ1v) is 11.9. The fourth-order valence-corrected chi connectivity index (χ4v) is 4.44. The zero-order valence-corrected chi connectivity index (χ0v) is 18.8. The topological polar surface area (TPSA) is 0 Å². The molecule has 0 aliphatic heterocycles. The second-order valence-electron chi connectivity index (χ2n) is 8.55. The Morgan fingerprint density at radius 3 is 1.82 bits per heavy atom. The van der Waals surface area contributed by atoms with E-state index in [4.69, 9.17) is 0 Å². The van der Waals surface area contributed by atoms with Crippen molar-refractivity contribution in [3.05, 3.63) is 59.7 Å². The lowest BCUT2D eigenvalue weighted by atomic mass is 9.82. The molecule has 0 saturated heterocycles. The molecule has 28 heavy (non-hydrogen) atoms. The minimum absolute atomic E-state index is 0.805. The van der Waals surface area contributed by atoms with E-state index >= 15 is 0 Å². The molecule has 0 amide bonds. The zero-order valence-electron chi connectivity index (χ0n) is 18.8. The maximum atomic E-state index is 2.42. The summed E-state index contributed by atoms with van der Waals surface area (Å²) in [6.45, 7) is 9.38. The smallest absolute Gasteiger partial charge is 0.0149 e. The molecule has 0 N–H and O–H groups in total. The van der Waals surface area contributed by atoms with Gasteiger partial charge in [0, 0.05) is 0 Å². The third kappa shape index (κ3) is 6.80. The Morgan fingerprint density at radius 2 is 1.25 bits per heavy atom. The summed E-state index contributed by atoms with van der Waals surface area (Å²) >= 11 is 0. The lowest BCUT2D eigenvalue weighted by molar-refractivity contribution is 0.434. The average molecular weight is 379 g/mol. The van der Waals surface area contributed by atoms with Crippen molar-refractivity contribution < 1.29 is 0 Å². The molecule has 0 nitrogen and oxygen atoms in total. The van der Waals surface area contributed by atoms with Gasteiger partial charge in [0.15, 0.2) is 0 Å². The van der Waals surface area contributed by atoms with Crippen LogP contribution in [0.5, 0.6) is 0 Å². The first-order chi connectivity index (χ1) is 13.7. The van der Waals surface area contributed by atoms with Gasteiger partial charge in [0.05, 0.1) is 0 Å². The molecule has 2 rings (SSSR count). The molecule has 0 aliphatic carbocycles. The van der Waals surface area contributed by atoms with Gasteiger partial charge in [-0.2, -0.15) is 0 Å². The van der Waals surface area contributed by atoms with Gasteiger partial charge in [-0.05, 0) is 46.9 Å². The lowest BCUT2D eigenvalue weighted by Crippen LogP contribution is -2.11. The lowest BCUT2D eigenvalue weighted by Gasteiger charge is -2.23. The Morgan fingerprint density at radius 1 is 0.643 bits per heavy atom. The molecular weight excluding hydrogens is 336 g/mol. The standard InChI is InChI=1S/C28H42/c1-5-9-15-23(7-3)21-26-19-14-20-27(25-17-12-11-13-18-25)28(26)22-24(8-4)16-10-6-2/h11-14,17-20,23-24H,5-10,15-16,21-22H2,1-4H3. The molecule has 0 heterocycles. The summed E-state index contributed by atoms with van der Waals surface area (Å²) in [6.07, 6.45) is 13.1. The highest BCUT2D eigenvalue weighted by atomic mass is 14.2. The van der Waals surface area contributed by atoms with Crippen molar-refractivity contribution in [3.63, 3.8) is 0 Å². The van der Waals surface area contributed by atoms with Crippen LogP contribution in [0, 0.1) is 11.8 Å². The van der Waals surface area contributed by atoms with Crippen LogP contribution >= 0.6 is 0 Å². The third-order valence-electron chi connectivity index (χ3n) is 6.45. The second-order valence-corrected chi connectivity index (χ2v) is 8.55. The van der Waals surface area contributed by atoms with Crippen molar-refractivity contribution in [3.8, 4) is 11.1 Å². The van der Waals surface area contributed by atoms with Crippen LogP contribution in [0.3, 0.4) is 0 Å². The summed E-state index contributed by atoms with van der Waals surface area (Å²) in [5.74, 6) is 1.62. The summed E-state index contributed by atoms with van der Waals surface area (Å²) in [5.41, 5.74) is 6.09. The van der Waals surface area contributed by atoms with E-state index in [-0.39, 0.29) is 0 Å². The van der Waals surface area contributed by atoms with Crippen LogP contribution in [0.1, 0.15) is 90.2 Å². The van der Waals surface area contributed by atoms with Gasteiger partial charge in [0.1, 0.15) is 0 Å². The second kappa shape index (κ2) is 12.8. The average Bonchev–Trinajstić information content (AvgIpc) is 2.75. The Kier molecular flexibility index (Phi) is 10.4. The quantitative estimate of drug-likeness (QED) is 0.326. The van der Waals surface area contributed by atoms with E-state index < -0.39 is 0 Å². The van der Waals surface area contributed by atoms with Crippen LogP contribution in [0.25, 0.3) is 11.1 Å². The van der Waals surface area contributed by atoms with Crippen molar-refractivity contribution in [2.45, 2.75) is 91.9 Å². The van der Waals surface area contributed by atoms with E-state index in [1.807, 2.05) is 0 Å². The molecule has 2 atom stereocenters. The fourth-order valence-electron chi connectivity index (χ4n) is 4.44. The van der Waals surface area contributed by atoms with Gasteiger partial charge in [-0.3, -0.25) is 0 Å². The zero-order chi connectivity index (χ0) is 20.2. The summed E-state index contributed by atoms with van der Waals surface area (Å²) in [4.78, 5) is 0. The van der Waals surface area contributed by atoms with Crippen molar-refractivity contribution in [2.24, 2.45) is 11.8 Å². The first-order valence-electron chi connectivity index (χ1n) is 11.9. The van der Waals surface area contributed by atoms with Crippen LogP contribution in [0.4, 0.5) is 0 Å². The van der Waals surface area contributed by atoms with E-state index in [9.17, 15) is 0 Å². The van der Waals surface area contributed by atoms with Gasteiger partial charge in [0.2, 0.25) is 0 Å². The SMILES string of the molecule is CCCCC(CC)Cc1cccc(-c2ccccc2)c1CC(CC)CCCC. The molecule has 0 fully saturated rings. The van der Waals surface area contributed by atoms with Gasteiger partial charge in [0.25, 0.3) is 0 Å². The number of rotatable bonds is 13. The molecule has 2 aromatic rings. The van der Waals surface area contributed by atoms with Crippen molar-refractivity contribution >= 4 is 0 Å². The monoisotopic (exact) mass is 378 g/mol. The van der Waals surface area contributed by atoms with E-state index in [0.717, 1.165) is 11.8 Å². The van der Waals surface area contributed by atoms with Crippen molar-refractivity contribution in [1.82, 2.24) is 0 Å². The predicted molar refractivity (Wildman–Crippen MR) is 126 cm³/mol. The Balaban J connectivity index is 2.37. The predicted octanol–water partition coefficient (Wildman–Crippen LogP) is 8.87. The van der Waals surface area contributed by atoms with Gasteiger partial charge in [-0.1, -0.05) is 128 Å². The van der Waals surface area contributed by atoms with Crippen LogP contribution in [-0.2, 0) is 12.8 Å². The van der Waals surface area contributed by atoms with Crippen molar-refractivity contribution in [1.29, 1.82) is 0 Å². The highest BCUT2D eigenvalue weighted by Crippen LogP contribution is 2.32. The summed E-state index contributed by atoms with van der Waals surface area (Å²) < 4.78 is 0. The molecule has 0 bridgehead atoms. The number of benzene rings is 2. The van der Waals surface area contributed by atoms with Crippen molar-refractivity contribution in [2.75, 3.05) is 0 Å². The number of hydrogen-bond acceptors (Lipinski definition) is 0. The molecule has 2 aromatic carbocycles. The van der Waals surface area contributed by atoms with Crippen LogP contribution < -0.4 is 0 Å². The summed E-state index contributed by atoms with van der Waals surface area (Å²) in [5, 5.41) is 0. The highest BCUT2D eigenvalue weighted by Gasteiger charge is 2.17. The maximum Gasteiger partial charge on any atom is -0.0149 e. The first kappa shape index (κ1) is 22.7. The summed E-state index contributed by atoms with van der Waals surface area (Å²) in [6, 6.07) is 18.1. The molecule has 0 radical (unpaired) electrons. The van der Waals surface area contributed by atoms with E-state index in [0.29, 0.717) is 0 Å². The van der Waals surface area contributed by atoms with Crippen LogP contribution in [0.15, 0.2) is 48.5 Å². The molecule has 0 saturated carbocycles. The van der Waals surface area contributed by atoms with Gasteiger partial charge in [-0.15, -0.1) is 0 Å². The molecule has 0 aliphatic rings. The van der Waals surface area contributed by atoms with E-state index in [2.05, 4.69) is 76.2 Å². The molecule has 0 heteroatoms. The van der Waals surface area contributed by atoms with E-state index in [1.54, 1.807) is 11.1 Å². The van der Waals surface area contributed by atoms with Crippen LogP contribution in [-0.4, -0.2) is 0 Å². The van der Waals surface area contributed by atoms with E-state index in [1.165, 1.54) is 75.3 Å². The van der Waals surface area contributed by atoms with Gasteiger partial charge < -0.3 is 0 Å². The summed E-state index contributed by atoms with van der Waals surface area (Å²) in [7, 11) is 0. The minimum atomic E-state index is 0.805. The Hall–Kier alpha value is -1.56. The largest absolute Gasteiger partial charge is 0.0654 e. The van der Waals surface area contributed by atoms with Gasteiger partial charge in [-0.25, -0.2) is 0 Å². The molecule has 0 aromatic heterocycles. The maximum absolute atomic E-state index is 2.42. The fraction of sp³-hybridized carbons (Fsp3) is 0.571. The molecular formula is C28H42. The third-order valence-corrected chi connectivity index (χ3v) is 6.45. The Labute approximate surface area is 174 Å². The van der Waals surface area contributed by atoms with Gasteiger partial charge >= 0.3 is 0 Å². The van der Waals surface area contributed by atoms with Crippen LogP contribution in [0.2, 0.25) is 0 Å². The number of hydrogen-bond donors (Lipinski definition) is 0. The number of unbranched alkanes of at least 4 members (excludes halogenated alkanes) is 2. The minimum Gasteiger partial charge on any atom is -0.0654 e. The molecule has 2 unspecified atom stereocenters. The normalized spacial score (nSPS) is 13.4. The molecule has 154 valence electrons. The Bertz CT molecular complexity index is 655.